The quantitative estimate of drug-likeness (QED) is 0.793. The molecule has 1 unspecified atom stereocenters. The third-order valence-electron chi connectivity index (χ3n) is 6.27. The van der Waals surface area contributed by atoms with Crippen molar-refractivity contribution in [1.82, 2.24) is 15.1 Å². The molecule has 7 nitrogen and oxygen atoms in total. The number of rotatable bonds is 5. The largest absolute Gasteiger partial charge is 0.474 e. The molecule has 30 heavy (non-hydrogen) atoms. The van der Waals surface area contributed by atoms with Gasteiger partial charge in [-0.2, -0.15) is 5.10 Å². The van der Waals surface area contributed by atoms with Crippen LogP contribution in [-0.2, 0) is 16.1 Å². The normalized spacial score (nSPS) is 22.1. The molecule has 1 aromatic heterocycles. The average Bonchev–Trinajstić information content (AvgIpc) is 3.44. The summed E-state index contributed by atoms with van der Waals surface area (Å²) in [6, 6.07) is 9.75. The van der Waals surface area contributed by atoms with E-state index >= 15 is 0 Å². The van der Waals surface area contributed by atoms with E-state index in [1.54, 1.807) is 6.08 Å². The van der Waals surface area contributed by atoms with Crippen LogP contribution in [0.1, 0.15) is 30.5 Å². The van der Waals surface area contributed by atoms with Gasteiger partial charge in [0.1, 0.15) is 12.3 Å². The Bertz CT molecular complexity index is 935. The van der Waals surface area contributed by atoms with E-state index in [0.29, 0.717) is 24.6 Å². The summed E-state index contributed by atoms with van der Waals surface area (Å²) in [5.41, 5.74) is 10.8. The first-order valence-corrected chi connectivity index (χ1v) is 10.7. The maximum Gasteiger partial charge on any atom is 0.194 e. The second-order valence-corrected chi connectivity index (χ2v) is 8.22. The molecule has 4 heterocycles. The van der Waals surface area contributed by atoms with Crippen molar-refractivity contribution in [1.29, 1.82) is 0 Å². The number of fused-ring (bicyclic) bond motifs is 1. The van der Waals surface area contributed by atoms with Crippen LogP contribution in [0.2, 0.25) is 0 Å². The Morgan fingerprint density at radius 1 is 1.10 bits per heavy atom. The Morgan fingerprint density at radius 2 is 1.87 bits per heavy atom. The molecule has 1 aromatic carbocycles. The van der Waals surface area contributed by atoms with Gasteiger partial charge in [0.15, 0.2) is 5.88 Å². The molecule has 3 aliphatic heterocycles. The average molecular weight is 408 g/mol. The second kappa shape index (κ2) is 8.16. The van der Waals surface area contributed by atoms with Gasteiger partial charge in [-0.05, 0) is 43.5 Å². The van der Waals surface area contributed by atoms with E-state index in [1.807, 2.05) is 10.9 Å². The molecular weight excluding hydrogens is 378 g/mol. The molecule has 7 heteroatoms. The Labute approximate surface area is 177 Å². The summed E-state index contributed by atoms with van der Waals surface area (Å²) in [6.45, 7) is 8.17. The lowest BCUT2D eigenvalue weighted by Crippen LogP contribution is -2.46. The Hall–Kier alpha value is -2.77. The fourth-order valence-corrected chi connectivity index (χ4v) is 4.54. The predicted octanol–water partition coefficient (Wildman–Crippen LogP) is 2.56. The van der Waals surface area contributed by atoms with Crippen LogP contribution in [0.4, 0.5) is 5.69 Å². The number of piperidine rings is 1. The minimum atomic E-state index is 0.386. The van der Waals surface area contributed by atoms with Crippen molar-refractivity contribution in [3.05, 3.63) is 60.3 Å². The molecule has 3 aliphatic rings. The van der Waals surface area contributed by atoms with Crippen LogP contribution in [0.5, 0.6) is 0 Å². The summed E-state index contributed by atoms with van der Waals surface area (Å²) in [5, 5.41) is 8.48. The third-order valence-corrected chi connectivity index (χ3v) is 6.27. The molecule has 1 atom stereocenters. The zero-order valence-corrected chi connectivity index (χ0v) is 17.2. The molecule has 3 N–H and O–H groups in total. The predicted molar refractivity (Wildman–Crippen MR) is 117 cm³/mol. The van der Waals surface area contributed by atoms with Gasteiger partial charge < -0.3 is 25.4 Å². The van der Waals surface area contributed by atoms with Crippen molar-refractivity contribution in [3.8, 4) is 5.69 Å². The number of aromatic nitrogens is 2. The number of hydrogen-bond acceptors (Lipinski definition) is 6. The lowest BCUT2D eigenvalue weighted by molar-refractivity contribution is 0.186. The molecule has 0 saturated carbocycles. The number of nitrogens with one attached hydrogen (secondary N) is 1. The molecule has 0 radical (unpaired) electrons. The summed E-state index contributed by atoms with van der Waals surface area (Å²) in [4.78, 5) is 2.47. The summed E-state index contributed by atoms with van der Waals surface area (Å²) in [7, 11) is 0. The maximum atomic E-state index is 5.93. The standard InChI is InChI=1S/C23H29N5O2/c1-2-21-22-16(14-30-23(21)24)13-28(26-22)20-5-3-19(4-6-20)27-10-7-17(8-11-27)25-18-9-12-29-15-18/h2-6,13,17-18,25H,1,7-12,14-15,24H2. The zero-order valence-electron chi connectivity index (χ0n) is 17.2. The molecule has 2 aromatic rings. The van der Waals surface area contributed by atoms with Crippen LogP contribution < -0.4 is 16.0 Å². The van der Waals surface area contributed by atoms with Gasteiger partial charge >= 0.3 is 0 Å². The number of anilines is 1. The SMILES string of the molecule is C=CC1=C(N)OCc2cn(-c3ccc(N4CCC(NC5CCOC5)CC4)cc3)nc21. The van der Waals surface area contributed by atoms with Crippen molar-refractivity contribution in [3.63, 3.8) is 0 Å². The van der Waals surface area contributed by atoms with Gasteiger partial charge in [-0.15, -0.1) is 0 Å². The smallest absolute Gasteiger partial charge is 0.194 e. The molecule has 2 fully saturated rings. The fourth-order valence-electron chi connectivity index (χ4n) is 4.54. The number of hydrogen-bond donors (Lipinski definition) is 2. The van der Waals surface area contributed by atoms with Crippen molar-refractivity contribution in [2.75, 3.05) is 31.2 Å². The first-order valence-electron chi connectivity index (χ1n) is 10.7. The molecule has 0 amide bonds. The monoisotopic (exact) mass is 407 g/mol. The van der Waals surface area contributed by atoms with E-state index < -0.39 is 0 Å². The number of nitrogens with zero attached hydrogens (tertiary/aromatic N) is 3. The van der Waals surface area contributed by atoms with Gasteiger partial charge in [0.2, 0.25) is 0 Å². The number of ether oxygens (including phenoxy) is 2. The van der Waals surface area contributed by atoms with Gasteiger partial charge in [0.25, 0.3) is 0 Å². The van der Waals surface area contributed by atoms with E-state index in [0.717, 1.165) is 55.2 Å². The highest BCUT2D eigenvalue weighted by atomic mass is 16.5. The molecule has 0 aliphatic carbocycles. The first-order chi connectivity index (χ1) is 14.7. The minimum absolute atomic E-state index is 0.386. The van der Waals surface area contributed by atoms with Crippen LogP contribution in [0.25, 0.3) is 11.3 Å². The summed E-state index contributed by atoms with van der Waals surface area (Å²) in [6.07, 6.45) is 7.18. The topological polar surface area (TPSA) is 77.6 Å². The number of nitrogens with two attached hydrogens (primary N) is 1. The Balaban J connectivity index is 1.24. The van der Waals surface area contributed by atoms with Gasteiger partial charge in [0.05, 0.1) is 17.9 Å². The lowest BCUT2D eigenvalue weighted by atomic mass is 10.0. The van der Waals surface area contributed by atoms with Gasteiger partial charge in [-0.25, -0.2) is 4.68 Å². The van der Waals surface area contributed by atoms with Gasteiger partial charge in [-0.3, -0.25) is 0 Å². The highest BCUT2D eigenvalue weighted by Gasteiger charge is 2.24. The van der Waals surface area contributed by atoms with E-state index in [2.05, 4.69) is 41.1 Å². The van der Waals surface area contributed by atoms with E-state index in [4.69, 9.17) is 20.3 Å². The van der Waals surface area contributed by atoms with Gasteiger partial charge in [0, 0.05) is 49.2 Å². The molecule has 0 spiro atoms. The van der Waals surface area contributed by atoms with Crippen molar-refractivity contribution in [2.45, 2.75) is 38.0 Å². The second-order valence-electron chi connectivity index (χ2n) is 8.22. The third kappa shape index (κ3) is 3.70. The number of benzene rings is 1. The van der Waals surface area contributed by atoms with Crippen LogP contribution >= 0.6 is 0 Å². The minimum Gasteiger partial charge on any atom is -0.474 e. The number of allylic oxidation sites excluding steroid dienone is 2. The van der Waals surface area contributed by atoms with Crippen LogP contribution in [0.15, 0.2) is 49.0 Å². The van der Waals surface area contributed by atoms with E-state index in [-0.39, 0.29) is 0 Å². The fraction of sp³-hybridized carbons (Fsp3) is 0.435. The zero-order chi connectivity index (χ0) is 20.5. The highest BCUT2D eigenvalue weighted by Crippen LogP contribution is 2.29. The summed E-state index contributed by atoms with van der Waals surface area (Å²) in [5.74, 6) is 0.386. The molecule has 158 valence electrons. The van der Waals surface area contributed by atoms with E-state index in [9.17, 15) is 0 Å². The van der Waals surface area contributed by atoms with Crippen LogP contribution in [0, 0.1) is 0 Å². The lowest BCUT2D eigenvalue weighted by Gasteiger charge is -2.35. The highest BCUT2D eigenvalue weighted by molar-refractivity contribution is 5.75. The van der Waals surface area contributed by atoms with E-state index in [1.165, 1.54) is 18.5 Å². The summed E-state index contributed by atoms with van der Waals surface area (Å²) < 4.78 is 12.9. The van der Waals surface area contributed by atoms with Crippen LogP contribution in [0.3, 0.4) is 0 Å². The summed E-state index contributed by atoms with van der Waals surface area (Å²) >= 11 is 0. The Kier molecular flexibility index (Phi) is 5.23. The first kappa shape index (κ1) is 19.2. The van der Waals surface area contributed by atoms with Crippen molar-refractivity contribution >= 4 is 11.3 Å². The molecule has 0 bridgehead atoms. The van der Waals surface area contributed by atoms with Crippen molar-refractivity contribution in [2.24, 2.45) is 5.73 Å². The maximum absolute atomic E-state index is 5.93. The van der Waals surface area contributed by atoms with Crippen molar-refractivity contribution < 1.29 is 9.47 Å². The van der Waals surface area contributed by atoms with Gasteiger partial charge in [-0.1, -0.05) is 12.7 Å². The van der Waals surface area contributed by atoms with Crippen LogP contribution in [-0.4, -0.2) is 48.2 Å². The Morgan fingerprint density at radius 3 is 2.57 bits per heavy atom. The molecule has 2 saturated heterocycles. The molecule has 5 rings (SSSR count). The molecular formula is C23H29N5O2.